The van der Waals surface area contributed by atoms with E-state index in [4.69, 9.17) is 0 Å². The molecule has 0 bridgehead atoms. The van der Waals surface area contributed by atoms with Gasteiger partial charge in [0.25, 0.3) is 0 Å². The smallest absolute Gasteiger partial charge is 0.145 e. The number of fused-ring (bicyclic) bond motifs is 1. The average Bonchev–Trinajstić information content (AvgIpc) is 2.29. The molecule has 11 heavy (non-hydrogen) atoms. The van der Waals surface area contributed by atoms with Crippen molar-refractivity contribution in [3.8, 4) is 0 Å². The van der Waals surface area contributed by atoms with Crippen molar-refractivity contribution in [2.45, 2.75) is 5.60 Å². The number of aliphatic hydroxyl groups is 1. The summed E-state index contributed by atoms with van der Waals surface area (Å²) in [6.07, 6.45) is 10.5. The quantitative estimate of drug-likeness (QED) is 0.582. The largest absolute Gasteiger partial charge is 0.376 e. The minimum atomic E-state index is -0.908. The predicted molar refractivity (Wildman–Crippen MR) is 47.1 cm³/mol. The summed E-state index contributed by atoms with van der Waals surface area (Å²) in [5, 5.41) is 9.66. The van der Waals surface area contributed by atoms with Gasteiger partial charge in [0, 0.05) is 18.0 Å². The summed E-state index contributed by atoms with van der Waals surface area (Å²) in [4.78, 5) is 3.86. The van der Waals surface area contributed by atoms with Crippen molar-refractivity contribution in [2.24, 2.45) is 4.99 Å². The molecule has 0 spiro atoms. The van der Waals surface area contributed by atoms with E-state index in [1.54, 1.807) is 12.3 Å². The number of hydrogen-bond donors (Lipinski definition) is 1. The van der Waals surface area contributed by atoms with Gasteiger partial charge in [-0.3, -0.25) is 4.99 Å². The summed E-state index contributed by atoms with van der Waals surface area (Å²) in [6.45, 7) is 0. The first kappa shape index (κ1) is 8.24. The Labute approximate surface area is 71.1 Å². The molecule has 0 saturated heterocycles. The number of hydrogen-bond acceptors (Lipinski definition) is 2. The number of aliphatic imine (C=N–C) groups is 1. The molecule has 1 heterocycles. The molecular formula is C8H8ClNO. The molecular weight excluding hydrogens is 162 g/mol. The molecule has 0 saturated carbocycles. The van der Waals surface area contributed by atoms with Gasteiger partial charge in [-0.15, -0.1) is 12.4 Å². The Bertz CT molecular complexity index is 278. The van der Waals surface area contributed by atoms with Crippen molar-refractivity contribution in [3.63, 3.8) is 0 Å². The monoisotopic (exact) mass is 169 g/mol. The maximum atomic E-state index is 9.66. The minimum absolute atomic E-state index is 0. The minimum Gasteiger partial charge on any atom is -0.376 e. The van der Waals surface area contributed by atoms with Gasteiger partial charge in [0.15, 0.2) is 0 Å². The van der Waals surface area contributed by atoms with Gasteiger partial charge in [-0.25, -0.2) is 0 Å². The zero-order valence-electron chi connectivity index (χ0n) is 5.77. The maximum Gasteiger partial charge on any atom is 0.145 e. The van der Waals surface area contributed by atoms with Crippen LogP contribution in [0.4, 0.5) is 0 Å². The summed E-state index contributed by atoms with van der Waals surface area (Å²) in [5.74, 6) is 0. The third-order valence-electron chi connectivity index (χ3n) is 1.68. The Morgan fingerprint density at radius 2 is 2.18 bits per heavy atom. The van der Waals surface area contributed by atoms with Gasteiger partial charge in [0.2, 0.25) is 0 Å². The first-order valence-electron chi connectivity index (χ1n) is 3.14. The molecule has 1 N–H and O–H groups in total. The van der Waals surface area contributed by atoms with Crippen LogP contribution in [0.1, 0.15) is 0 Å². The molecule has 0 aromatic rings. The SMILES string of the molecule is Cl.OC12C=CC=CC1=CN=C2. The highest BCUT2D eigenvalue weighted by molar-refractivity contribution is 5.85. The second-order valence-electron chi connectivity index (χ2n) is 2.41. The Balaban J connectivity index is 0.000000605. The number of allylic oxidation sites excluding steroid dienone is 2. The molecule has 0 amide bonds. The highest BCUT2D eigenvalue weighted by Crippen LogP contribution is 2.25. The van der Waals surface area contributed by atoms with Crippen LogP contribution in [0.3, 0.4) is 0 Å². The summed E-state index contributed by atoms with van der Waals surface area (Å²) in [5.41, 5.74) is -0.0654. The van der Waals surface area contributed by atoms with Crippen LogP contribution in [0.25, 0.3) is 0 Å². The fraction of sp³-hybridized carbons (Fsp3) is 0.125. The Morgan fingerprint density at radius 1 is 1.36 bits per heavy atom. The lowest BCUT2D eigenvalue weighted by Crippen LogP contribution is -2.28. The average molecular weight is 170 g/mol. The van der Waals surface area contributed by atoms with Crippen LogP contribution in [0.15, 0.2) is 41.1 Å². The van der Waals surface area contributed by atoms with Crippen molar-refractivity contribution in [1.29, 1.82) is 0 Å². The van der Waals surface area contributed by atoms with Crippen LogP contribution in [-0.2, 0) is 0 Å². The molecule has 3 heteroatoms. The van der Waals surface area contributed by atoms with Gasteiger partial charge < -0.3 is 5.11 Å². The van der Waals surface area contributed by atoms with E-state index in [0.717, 1.165) is 5.57 Å². The molecule has 0 aromatic heterocycles. The summed E-state index contributed by atoms with van der Waals surface area (Å²) in [7, 11) is 0. The number of nitrogens with zero attached hydrogens (tertiary/aromatic N) is 1. The van der Waals surface area contributed by atoms with Gasteiger partial charge in [0.1, 0.15) is 5.60 Å². The van der Waals surface area contributed by atoms with E-state index in [-0.39, 0.29) is 12.4 Å². The fourth-order valence-electron chi connectivity index (χ4n) is 1.09. The van der Waals surface area contributed by atoms with Crippen LogP contribution in [0.2, 0.25) is 0 Å². The van der Waals surface area contributed by atoms with Gasteiger partial charge in [-0.1, -0.05) is 18.2 Å². The zero-order chi connectivity index (χ0) is 7.03. The second kappa shape index (κ2) is 2.64. The van der Waals surface area contributed by atoms with Gasteiger partial charge in [-0.2, -0.15) is 0 Å². The Hall–Kier alpha value is -0.860. The third kappa shape index (κ3) is 1.15. The van der Waals surface area contributed by atoms with Crippen LogP contribution in [0.5, 0.6) is 0 Å². The van der Waals surface area contributed by atoms with Gasteiger partial charge in [0.05, 0.1) is 0 Å². The highest BCUT2D eigenvalue weighted by atomic mass is 35.5. The molecule has 1 aliphatic heterocycles. The van der Waals surface area contributed by atoms with Crippen molar-refractivity contribution in [2.75, 3.05) is 0 Å². The third-order valence-corrected chi connectivity index (χ3v) is 1.68. The van der Waals surface area contributed by atoms with Crippen LogP contribution in [-0.4, -0.2) is 16.9 Å². The fourth-order valence-corrected chi connectivity index (χ4v) is 1.09. The topological polar surface area (TPSA) is 32.6 Å². The lowest BCUT2D eigenvalue weighted by molar-refractivity contribution is 0.212. The van der Waals surface area contributed by atoms with Gasteiger partial charge in [-0.05, 0) is 6.08 Å². The molecule has 0 radical (unpaired) electrons. The lowest BCUT2D eigenvalue weighted by Gasteiger charge is -2.18. The van der Waals surface area contributed by atoms with E-state index < -0.39 is 5.60 Å². The van der Waals surface area contributed by atoms with E-state index in [1.165, 1.54) is 6.21 Å². The number of rotatable bonds is 0. The molecule has 58 valence electrons. The Morgan fingerprint density at radius 3 is 2.91 bits per heavy atom. The summed E-state index contributed by atoms with van der Waals surface area (Å²) < 4.78 is 0. The van der Waals surface area contributed by atoms with Crippen LogP contribution in [0, 0.1) is 0 Å². The van der Waals surface area contributed by atoms with Crippen LogP contribution >= 0.6 is 12.4 Å². The van der Waals surface area contributed by atoms with Crippen molar-refractivity contribution < 1.29 is 5.11 Å². The van der Waals surface area contributed by atoms with E-state index in [1.807, 2.05) is 18.2 Å². The predicted octanol–water partition coefficient (Wildman–Crippen LogP) is 1.23. The molecule has 2 rings (SSSR count). The molecule has 1 aliphatic carbocycles. The lowest BCUT2D eigenvalue weighted by atomic mass is 9.93. The standard InChI is InChI=1S/C8H7NO.ClH/c10-8-4-2-1-3-7(8)5-9-6-8;/h1-6,10H;1H. The highest BCUT2D eigenvalue weighted by Gasteiger charge is 2.28. The summed E-state index contributed by atoms with van der Waals surface area (Å²) >= 11 is 0. The van der Waals surface area contributed by atoms with Gasteiger partial charge >= 0.3 is 0 Å². The second-order valence-corrected chi connectivity index (χ2v) is 2.41. The molecule has 1 atom stereocenters. The zero-order valence-corrected chi connectivity index (χ0v) is 6.58. The van der Waals surface area contributed by atoms with E-state index in [9.17, 15) is 5.11 Å². The molecule has 2 nitrogen and oxygen atoms in total. The van der Waals surface area contributed by atoms with E-state index >= 15 is 0 Å². The number of halogens is 1. The maximum absolute atomic E-state index is 9.66. The molecule has 1 unspecified atom stereocenters. The summed E-state index contributed by atoms with van der Waals surface area (Å²) in [6, 6.07) is 0. The molecule has 0 fully saturated rings. The van der Waals surface area contributed by atoms with E-state index in [0.29, 0.717) is 0 Å². The first-order valence-corrected chi connectivity index (χ1v) is 3.14. The van der Waals surface area contributed by atoms with Crippen molar-refractivity contribution >= 4 is 18.6 Å². The molecule has 0 aromatic carbocycles. The van der Waals surface area contributed by atoms with E-state index in [2.05, 4.69) is 4.99 Å². The van der Waals surface area contributed by atoms with Crippen molar-refractivity contribution in [1.82, 2.24) is 0 Å². The first-order chi connectivity index (χ1) is 4.81. The normalized spacial score (nSPS) is 31.2. The molecule has 2 aliphatic rings. The van der Waals surface area contributed by atoms with Crippen molar-refractivity contribution in [3.05, 3.63) is 36.1 Å². The Kier molecular flexibility index (Phi) is 1.98. The van der Waals surface area contributed by atoms with Crippen LogP contribution < -0.4 is 0 Å².